The number of carboxylic acid groups (broad SMARTS) is 1. The number of fused-ring (bicyclic) bond motifs is 4. The van der Waals surface area contributed by atoms with Gasteiger partial charge in [-0.3, -0.25) is 34.0 Å². The second-order valence-electron chi connectivity index (χ2n) is 38.1. The standard InChI is InChI=1S/C29H38N4O4.C24H34N2O4.C24H32N2O4.C21H28N2O4.C8H11ClN2O.CH4O.CH4.Na.H2O/c1-18-13-19(2)31-29(35)26(18)16-30-28(34)25-15-24-14-23(22-5-9-36-10-6-22)17-33(24)27(20(25)3)21(4)32-7-11-37-12-8-32;2*1-16(2)30-24(27)22-14-21-13-20(19-5-9-28-10-6-19)15-26(21)23(17(22)3)18(4)25-7-11-29-12-8-25;1-14-19(21(24)25)12-18-11-17(16-3-7-26-8-4-16)13-23(18)20(14)15(2)22-5-9-27-10-6-22;1-5-3-6(2)11-8(12)7(5)4-10-9;1-2;;;/h13-15,17,21-22H,5-12,16H2,1-4H3,(H,30,34)(H,31,35);13-16,18-19H,5-12H2,1-4H3;5,13-16,18H,6-12H2,1-4H3;11-13,15-16H,3-10H2,1-2H3,(H,24,25);3,10H,4H2,1-2H3,(H,11,12);2H,1H3;1H4;;1H2/q;;;;;;;+1;/p-1. The fourth-order valence-electron chi connectivity index (χ4n) is 20.9. The van der Waals surface area contributed by atoms with Crippen LogP contribution in [-0.2, 0) is 60.5 Å². The summed E-state index contributed by atoms with van der Waals surface area (Å²) in [5, 5.41) is 19.8. The van der Waals surface area contributed by atoms with Crippen molar-refractivity contribution in [1.29, 1.82) is 0 Å². The number of aliphatic hydroxyl groups excluding tert-OH is 1. The molecule has 766 valence electrons. The third kappa shape index (κ3) is 28.1. The van der Waals surface area contributed by atoms with Crippen molar-refractivity contribution in [2.24, 2.45) is 0 Å². The molecule has 7 fully saturated rings. The number of hydrogen-bond acceptors (Lipinski definition) is 23. The van der Waals surface area contributed by atoms with Crippen LogP contribution in [0.1, 0.15) is 292 Å². The Morgan fingerprint density at radius 2 is 0.723 bits per heavy atom. The molecule has 8 aliphatic heterocycles. The zero-order chi connectivity index (χ0) is 98.7. The summed E-state index contributed by atoms with van der Waals surface area (Å²) in [5.74, 6) is -0.0603. The van der Waals surface area contributed by atoms with Crippen LogP contribution in [0, 0.1) is 55.4 Å². The molecule has 0 aliphatic carbocycles. The molecule has 4 atom stereocenters. The van der Waals surface area contributed by atoms with E-state index in [1.54, 1.807) is 0 Å². The summed E-state index contributed by atoms with van der Waals surface area (Å²) >= 11 is 5.32. The Labute approximate surface area is 857 Å². The zero-order valence-corrected chi connectivity index (χ0v) is 88.3. The van der Waals surface area contributed by atoms with Gasteiger partial charge in [-0.05, 0) is 307 Å². The second-order valence-corrected chi connectivity index (χ2v) is 38.4. The fraction of sp³-hybridized carbons (Fsp3) is 0.556. The largest absolute Gasteiger partial charge is 1.00 e. The first kappa shape index (κ1) is 114. The molecule has 0 spiro atoms. The molecule has 10 aromatic heterocycles. The molecule has 1 amide bonds. The maximum Gasteiger partial charge on any atom is 1.00 e. The number of aromatic nitrogens is 6. The van der Waals surface area contributed by atoms with Gasteiger partial charge in [0, 0.05) is 234 Å². The van der Waals surface area contributed by atoms with Crippen molar-refractivity contribution in [3.8, 4) is 0 Å². The number of carbonyl (C=O) groups excluding carboxylic acids is 3. The van der Waals surface area contributed by atoms with Gasteiger partial charge in [0.05, 0.1) is 95.0 Å². The van der Waals surface area contributed by atoms with E-state index >= 15 is 0 Å². The monoisotopic (exact) mass is 1980 g/mol. The second kappa shape index (κ2) is 53.9. The zero-order valence-electron chi connectivity index (χ0n) is 85.5. The number of nitrogens with one attached hydrogen (secondary N) is 4. The number of H-pyrrole nitrogens is 2. The molecule has 0 saturated carbocycles. The summed E-state index contributed by atoms with van der Waals surface area (Å²) in [6.45, 7) is 51.7. The van der Waals surface area contributed by atoms with Gasteiger partial charge in [-0.15, -0.1) is 0 Å². The maximum absolute atomic E-state index is 13.5. The van der Waals surface area contributed by atoms with Crippen LogP contribution in [0.25, 0.3) is 27.6 Å². The van der Waals surface area contributed by atoms with E-state index < -0.39 is 5.97 Å². The average Bonchev–Trinajstić information content (AvgIpc) is 1.66. The summed E-state index contributed by atoms with van der Waals surface area (Å²) in [6, 6.07) is 21.0. The molecule has 18 heterocycles. The number of aryl methyl sites for hydroxylation is 4. The Morgan fingerprint density at radius 1 is 0.418 bits per heavy atom. The summed E-state index contributed by atoms with van der Waals surface area (Å²) in [6.07, 6.45) is 17.9. The third-order valence-corrected chi connectivity index (χ3v) is 28.6. The Hall–Kier alpha value is -8.75. The van der Waals surface area contributed by atoms with Gasteiger partial charge < -0.3 is 95.9 Å². The molecule has 10 aromatic rings. The van der Waals surface area contributed by atoms with Crippen molar-refractivity contribution < 1.29 is 112 Å². The molecule has 33 heteroatoms. The van der Waals surface area contributed by atoms with Crippen molar-refractivity contribution in [1.82, 2.24) is 57.3 Å². The van der Waals surface area contributed by atoms with Gasteiger partial charge in [-0.1, -0.05) is 13.5 Å². The smallest absolute Gasteiger partial charge is 0.870 e. The van der Waals surface area contributed by atoms with Gasteiger partial charge in [-0.2, -0.15) is 0 Å². The van der Waals surface area contributed by atoms with E-state index in [4.69, 9.17) is 64.3 Å². The molecule has 18 rings (SSSR count). The van der Waals surface area contributed by atoms with Crippen molar-refractivity contribution in [2.45, 2.75) is 230 Å². The first-order chi connectivity index (χ1) is 66.4. The first-order valence-corrected chi connectivity index (χ1v) is 49.8. The van der Waals surface area contributed by atoms with E-state index in [9.17, 15) is 33.9 Å². The number of morpholine rings is 4. The Balaban J connectivity index is 0.000000184. The van der Waals surface area contributed by atoms with Crippen LogP contribution >= 0.6 is 11.8 Å². The van der Waals surface area contributed by atoms with E-state index in [-0.39, 0.29) is 114 Å². The minimum atomic E-state index is -0.862. The van der Waals surface area contributed by atoms with Crippen molar-refractivity contribution in [3.05, 3.63) is 235 Å². The predicted octanol–water partition coefficient (Wildman–Crippen LogP) is 13.4. The minimum Gasteiger partial charge on any atom is -0.870 e. The number of pyridine rings is 6. The summed E-state index contributed by atoms with van der Waals surface area (Å²) in [7, 11) is 1.00. The predicted molar refractivity (Wildman–Crippen MR) is 545 cm³/mol. The summed E-state index contributed by atoms with van der Waals surface area (Å²) in [5.41, 5.74) is 25.8. The number of carboxylic acids is 1. The number of nitrogens with zero attached hydrogens (tertiary/aromatic N) is 8. The number of aliphatic hydroxyl groups is 1. The molecular formula is C108H152ClN12NaO19. The number of aromatic carboxylic acids is 1. The van der Waals surface area contributed by atoms with Gasteiger partial charge in [-0.25, -0.2) is 19.2 Å². The number of aromatic amines is 2. The topological polar surface area (TPSA) is 351 Å². The van der Waals surface area contributed by atoms with Gasteiger partial charge in [0.2, 0.25) is 0 Å². The first-order valence-electron chi connectivity index (χ1n) is 49.4. The summed E-state index contributed by atoms with van der Waals surface area (Å²) in [4.78, 5) is 92.6. The van der Waals surface area contributed by atoms with Gasteiger partial charge in [0.25, 0.3) is 17.0 Å². The molecule has 0 radical (unpaired) electrons. The van der Waals surface area contributed by atoms with E-state index in [0.717, 1.165) is 287 Å². The van der Waals surface area contributed by atoms with E-state index in [1.165, 1.54) is 33.5 Å². The number of amides is 1. The Morgan fingerprint density at radius 3 is 1.04 bits per heavy atom. The number of rotatable bonds is 22. The minimum absolute atomic E-state index is 0. The van der Waals surface area contributed by atoms with Crippen LogP contribution in [0.5, 0.6) is 0 Å². The molecule has 8 aliphatic rings. The quantitative estimate of drug-likeness (QED) is 0.0208. The SMILES string of the molecule is C.CO.Cc1c(C(=O)O)cc2cc(C3CCOCC3)cn2c1C(C)N1CCOCC1.Cc1c(C(=O)OC(C)C)cc2cc(C3=CCOCC3)cn2c1C(C)N1CCOCC1.Cc1c(C(=O)OC(C)C)cc2cc(C3CCOCC3)cn2c1C(C)N1CCOCC1.Cc1cc(C)c(CNC(=O)c2cc3cc(C4CCOCC4)cn3c(C(C)N3CCOCC3)c2C)c(=O)[nH]1.Cc1cc(C)c(CNCl)c(=O)[nH]1.[Na+].[OH-]. The van der Waals surface area contributed by atoms with Gasteiger partial charge in [0.15, 0.2) is 0 Å². The molecular weight excluding hydrogens is 1830 g/mol. The number of esters is 2. The number of hydrogen-bond donors (Lipinski definition) is 6. The molecule has 141 heavy (non-hydrogen) atoms. The van der Waals surface area contributed by atoms with Crippen LogP contribution in [-0.4, -0.2) is 264 Å². The Kier molecular flexibility index (Phi) is 43.7. The van der Waals surface area contributed by atoms with Gasteiger partial charge >= 0.3 is 47.5 Å². The van der Waals surface area contributed by atoms with E-state index in [2.05, 4.69) is 147 Å². The van der Waals surface area contributed by atoms with Crippen LogP contribution in [0.3, 0.4) is 0 Å². The van der Waals surface area contributed by atoms with E-state index in [0.29, 0.717) is 64.3 Å². The fourth-order valence-corrected chi connectivity index (χ4v) is 21.0. The molecule has 7 N–H and O–H groups in total. The van der Waals surface area contributed by atoms with E-state index in [1.807, 2.05) is 113 Å². The molecule has 4 unspecified atom stereocenters. The molecule has 0 bridgehead atoms. The third-order valence-electron chi connectivity index (χ3n) is 28.4. The summed E-state index contributed by atoms with van der Waals surface area (Å²) < 4.78 is 64.5. The molecule has 31 nitrogen and oxygen atoms in total. The van der Waals surface area contributed by atoms with Crippen molar-refractivity contribution >= 4 is 63.2 Å². The van der Waals surface area contributed by atoms with Crippen LogP contribution in [0.4, 0.5) is 0 Å². The average molecular weight is 1980 g/mol. The number of halogens is 1. The van der Waals surface area contributed by atoms with Crippen LogP contribution in [0.15, 0.2) is 101 Å². The van der Waals surface area contributed by atoms with Crippen LogP contribution < -0.4 is 50.8 Å². The van der Waals surface area contributed by atoms with Crippen molar-refractivity contribution in [2.75, 3.05) is 165 Å². The number of carbonyl (C=O) groups is 4. The van der Waals surface area contributed by atoms with Crippen molar-refractivity contribution in [3.63, 3.8) is 0 Å². The van der Waals surface area contributed by atoms with Crippen LogP contribution in [0.2, 0.25) is 0 Å². The normalized spacial score (nSPS) is 18.0. The molecule has 7 saturated heterocycles. The number of ether oxygens (including phenoxy) is 10. The Bertz CT molecular complexity index is 5990. The maximum atomic E-state index is 13.5. The van der Waals surface area contributed by atoms with Gasteiger partial charge in [0.1, 0.15) is 0 Å². The molecule has 0 aromatic carbocycles.